The lowest BCUT2D eigenvalue weighted by atomic mass is 9.80. The Balaban J connectivity index is 1.83. The van der Waals surface area contributed by atoms with Gasteiger partial charge in [-0.2, -0.15) is 0 Å². The van der Waals surface area contributed by atoms with Crippen LogP contribution in [0.5, 0.6) is 5.75 Å². The maximum atomic E-state index is 10.8. The van der Waals surface area contributed by atoms with Gasteiger partial charge in [-0.25, -0.2) is 0 Å². The van der Waals surface area contributed by atoms with Gasteiger partial charge in [0, 0.05) is 11.5 Å². The molecular weight excluding hydrogens is 292 g/mol. The van der Waals surface area contributed by atoms with Crippen LogP contribution in [0.3, 0.4) is 0 Å². The summed E-state index contributed by atoms with van der Waals surface area (Å²) in [6.45, 7) is 2.51. The number of carboxylic acids is 1. The molecule has 0 bridgehead atoms. The lowest BCUT2D eigenvalue weighted by Gasteiger charge is -2.34. The van der Waals surface area contributed by atoms with Crippen LogP contribution in [0.4, 0.5) is 0 Å². The largest absolute Gasteiger partial charge is 0.493 e. The smallest absolute Gasteiger partial charge is 0.307 e. The molecule has 0 saturated heterocycles. The molecule has 0 aromatic heterocycles. The first kappa shape index (κ1) is 15.6. The number of hydrogen-bond donors (Lipinski definition) is 2. The van der Waals surface area contributed by atoms with Crippen molar-refractivity contribution in [1.82, 2.24) is 0 Å². The number of hydrogen-bond acceptors (Lipinski definition) is 3. The van der Waals surface area contributed by atoms with Crippen molar-refractivity contribution in [3.8, 4) is 5.75 Å². The highest BCUT2D eigenvalue weighted by Gasteiger charge is 2.34. The first-order valence-corrected chi connectivity index (χ1v) is 7.76. The Labute approximate surface area is 135 Å². The summed E-state index contributed by atoms with van der Waals surface area (Å²) in [5.41, 5.74) is 2.59. The molecule has 1 aliphatic rings. The van der Waals surface area contributed by atoms with E-state index in [-0.39, 0.29) is 18.3 Å². The third-order valence-electron chi connectivity index (χ3n) is 4.56. The van der Waals surface area contributed by atoms with E-state index in [4.69, 9.17) is 9.84 Å². The number of rotatable bonds is 4. The van der Waals surface area contributed by atoms with E-state index in [0.717, 1.165) is 5.56 Å². The molecule has 120 valence electrons. The van der Waals surface area contributed by atoms with Crippen LogP contribution in [-0.4, -0.2) is 22.8 Å². The predicted molar refractivity (Wildman–Crippen MR) is 86.6 cm³/mol. The molecule has 0 amide bonds. The SMILES string of the molecule is CC(c1ccccc1)C1COc2cc(CC(=O)O)ccc2C1O. The van der Waals surface area contributed by atoms with Crippen molar-refractivity contribution in [3.63, 3.8) is 0 Å². The molecule has 3 rings (SSSR count). The first-order chi connectivity index (χ1) is 11.1. The van der Waals surface area contributed by atoms with Crippen molar-refractivity contribution < 1.29 is 19.7 Å². The number of aliphatic carboxylic acids is 1. The molecule has 0 saturated carbocycles. The van der Waals surface area contributed by atoms with E-state index in [2.05, 4.69) is 19.1 Å². The summed E-state index contributed by atoms with van der Waals surface area (Å²) in [6, 6.07) is 15.3. The van der Waals surface area contributed by atoms with Gasteiger partial charge in [0.15, 0.2) is 0 Å². The quantitative estimate of drug-likeness (QED) is 0.910. The van der Waals surface area contributed by atoms with Gasteiger partial charge in [0.2, 0.25) is 0 Å². The molecule has 4 heteroatoms. The molecule has 1 aliphatic heterocycles. The highest BCUT2D eigenvalue weighted by molar-refractivity contribution is 5.70. The fourth-order valence-electron chi connectivity index (χ4n) is 3.16. The van der Waals surface area contributed by atoms with E-state index < -0.39 is 12.1 Å². The Hall–Kier alpha value is -2.33. The van der Waals surface area contributed by atoms with Crippen LogP contribution >= 0.6 is 0 Å². The Morgan fingerprint density at radius 3 is 2.70 bits per heavy atom. The van der Waals surface area contributed by atoms with Crippen molar-refractivity contribution in [2.24, 2.45) is 5.92 Å². The van der Waals surface area contributed by atoms with Gasteiger partial charge >= 0.3 is 5.97 Å². The molecule has 4 nitrogen and oxygen atoms in total. The summed E-state index contributed by atoms with van der Waals surface area (Å²) in [5, 5.41) is 19.6. The molecule has 23 heavy (non-hydrogen) atoms. The minimum atomic E-state index is -0.878. The van der Waals surface area contributed by atoms with Crippen molar-refractivity contribution in [3.05, 3.63) is 65.2 Å². The highest BCUT2D eigenvalue weighted by Crippen LogP contribution is 2.42. The summed E-state index contributed by atoms with van der Waals surface area (Å²) in [4.78, 5) is 10.8. The molecule has 2 aromatic rings. The van der Waals surface area contributed by atoms with Gasteiger partial charge in [0.1, 0.15) is 5.75 Å². The summed E-state index contributed by atoms with van der Waals surface area (Å²) in [6.07, 6.45) is -0.663. The summed E-state index contributed by atoms with van der Waals surface area (Å²) in [5.74, 6) is -0.155. The van der Waals surface area contributed by atoms with Gasteiger partial charge in [-0.1, -0.05) is 49.4 Å². The van der Waals surface area contributed by atoms with Gasteiger partial charge in [0.05, 0.1) is 19.1 Å². The zero-order valence-electron chi connectivity index (χ0n) is 13.0. The Kier molecular flexibility index (Phi) is 4.35. The first-order valence-electron chi connectivity index (χ1n) is 7.76. The van der Waals surface area contributed by atoms with Crippen LogP contribution in [0.15, 0.2) is 48.5 Å². The van der Waals surface area contributed by atoms with E-state index in [1.165, 1.54) is 5.56 Å². The number of fused-ring (bicyclic) bond motifs is 1. The molecule has 2 N–H and O–H groups in total. The molecule has 0 spiro atoms. The minimum absolute atomic E-state index is 0.0322. The summed E-state index contributed by atoms with van der Waals surface area (Å²) in [7, 11) is 0. The zero-order chi connectivity index (χ0) is 16.4. The van der Waals surface area contributed by atoms with Gasteiger partial charge in [-0.3, -0.25) is 4.79 Å². The molecule has 1 heterocycles. The van der Waals surface area contributed by atoms with E-state index in [0.29, 0.717) is 17.9 Å². The summed E-state index contributed by atoms with van der Waals surface area (Å²) >= 11 is 0. The van der Waals surface area contributed by atoms with E-state index in [1.807, 2.05) is 18.2 Å². The van der Waals surface area contributed by atoms with Crippen LogP contribution in [0.25, 0.3) is 0 Å². The van der Waals surface area contributed by atoms with Crippen LogP contribution in [0.2, 0.25) is 0 Å². The van der Waals surface area contributed by atoms with Gasteiger partial charge in [-0.05, 0) is 23.1 Å². The maximum absolute atomic E-state index is 10.8. The normalized spacial score (nSPS) is 21.1. The lowest BCUT2D eigenvalue weighted by Crippen LogP contribution is -2.30. The Morgan fingerprint density at radius 2 is 2.00 bits per heavy atom. The minimum Gasteiger partial charge on any atom is -0.493 e. The second kappa shape index (κ2) is 6.42. The standard InChI is InChI=1S/C19H20O4/c1-12(14-5-3-2-4-6-14)16-11-23-17-9-13(10-18(20)21)7-8-15(17)19(16)22/h2-9,12,16,19,22H,10-11H2,1H3,(H,20,21). The number of aliphatic hydroxyl groups is 1. The molecule has 0 fully saturated rings. The van der Waals surface area contributed by atoms with Crippen LogP contribution < -0.4 is 4.74 Å². The number of carboxylic acid groups (broad SMARTS) is 1. The molecule has 0 radical (unpaired) electrons. The average Bonchev–Trinajstić information content (AvgIpc) is 2.55. The van der Waals surface area contributed by atoms with Gasteiger partial charge in [-0.15, -0.1) is 0 Å². The van der Waals surface area contributed by atoms with Crippen LogP contribution in [-0.2, 0) is 11.2 Å². The second-order valence-electron chi connectivity index (χ2n) is 6.06. The Morgan fingerprint density at radius 1 is 1.26 bits per heavy atom. The monoisotopic (exact) mass is 312 g/mol. The number of benzene rings is 2. The number of ether oxygens (including phenoxy) is 1. The van der Waals surface area contributed by atoms with E-state index in [1.54, 1.807) is 18.2 Å². The third-order valence-corrected chi connectivity index (χ3v) is 4.56. The average molecular weight is 312 g/mol. The van der Waals surface area contributed by atoms with Gasteiger partial charge in [0.25, 0.3) is 0 Å². The third kappa shape index (κ3) is 3.22. The van der Waals surface area contributed by atoms with E-state index in [9.17, 15) is 9.90 Å². The molecule has 2 aromatic carbocycles. The highest BCUT2D eigenvalue weighted by atomic mass is 16.5. The van der Waals surface area contributed by atoms with Crippen LogP contribution in [0.1, 0.15) is 35.6 Å². The zero-order valence-corrected chi connectivity index (χ0v) is 13.0. The molecule has 0 aliphatic carbocycles. The second-order valence-corrected chi connectivity index (χ2v) is 6.06. The predicted octanol–water partition coefficient (Wildman–Crippen LogP) is 3.16. The maximum Gasteiger partial charge on any atom is 0.307 e. The molecule has 3 unspecified atom stereocenters. The fraction of sp³-hybridized carbons (Fsp3) is 0.316. The molecule has 3 atom stereocenters. The van der Waals surface area contributed by atoms with Gasteiger partial charge < -0.3 is 14.9 Å². The topological polar surface area (TPSA) is 66.8 Å². The lowest BCUT2D eigenvalue weighted by molar-refractivity contribution is -0.136. The van der Waals surface area contributed by atoms with Crippen molar-refractivity contribution in [1.29, 1.82) is 0 Å². The number of aliphatic hydroxyl groups excluding tert-OH is 1. The fourth-order valence-corrected chi connectivity index (χ4v) is 3.16. The van der Waals surface area contributed by atoms with Crippen LogP contribution in [0, 0.1) is 5.92 Å². The number of carbonyl (C=O) groups is 1. The molecular formula is C19H20O4. The van der Waals surface area contributed by atoms with E-state index >= 15 is 0 Å². The summed E-state index contributed by atoms with van der Waals surface area (Å²) < 4.78 is 5.82. The Bertz CT molecular complexity index is 696. The van der Waals surface area contributed by atoms with Crippen molar-refractivity contribution in [2.75, 3.05) is 6.61 Å². The van der Waals surface area contributed by atoms with Crippen molar-refractivity contribution >= 4 is 5.97 Å². The van der Waals surface area contributed by atoms with Crippen molar-refractivity contribution in [2.45, 2.75) is 25.4 Å².